The third-order valence-corrected chi connectivity index (χ3v) is 6.25. The summed E-state index contributed by atoms with van der Waals surface area (Å²) in [5.41, 5.74) is 4.12. The van der Waals surface area contributed by atoms with Crippen molar-refractivity contribution < 1.29 is 9.53 Å². The first-order valence-corrected chi connectivity index (χ1v) is 11.7. The van der Waals surface area contributed by atoms with Crippen LogP contribution in [-0.4, -0.2) is 27.7 Å². The molecule has 4 rings (SSSR count). The molecular weight excluding hydrogens is 412 g/mol. The van der Waals surface area contributed by atoms with E-state index in [0.29, 0.717) is 17.8 Å². The van der Waals surface area contributed by atoms with Gasteiger partial charge in [-0.25, -0.2) is 4.98 Å². The van der Waals surface area contributed by atoms with Gasteiger partial charge >= 0.3 is 0 Å². The molecule has 1 unspecified atom stereocenters. The molecule has 1 aromatic heterocycles. The van der Waals surface area contributed by atoms with Crippen molar-refractivity contribution in [3.05, 3.63) is 77.4 Å². The number of hydrogen-bond acceptors (Lipinski definition) is 4. The number of amides is 1. The Balaban J connectivity index is 1.60. The number of nitrogens with one attached hydrogen (secondary N) is 2. The van der Waals surface area contributed by atoms with Crippen molar-refractivity contribution >= 4 is 17.1 Å². The fourth-order valence-electron chi connectivity index (χ4n) is 4.32. The lowest BCUT2D eigenvalue weighted by Crippen LogP contribution is -2.47. The molecule has 2 aromatic carbocycles. The van der Waals surface area contributed by atoms with E-state index < -0.39 is 5.54 Å². The minimum atomic E-state index is -0.559. The second kappa shape index (κ2) is 10.0. The third kappa shape index (κ3) is 5.16. The summed E-state index contributed by atoms with van der Waals surface area (Å²) >= 11 is 0. The number of aromatic amines is 1. The number of aromatic nitrogens is 3. The molecule has 0 radical (unpaired) electrons. The van der Waals surface area contributed by atoms with Gasteiger partial charge in [0.05, 0.1) is 17.7 Å². The second-order valence-electron chi connectivity index (χ2n) is 8.94. The first-order valence-electron chi connectivity index (χ1n) is 11.7. The molecule has 6 heteroatoms. The van der Waals surface area contributed by atoms with Gasteiger partial charge in [-0.3, -0.25) is 9.89 Å². The largest absolute Gasteiger partial charge is 0.494 e. The van der Waals surface area contributed by atoms with E-state index in [9.17, 15) is 4.79 Å². The smallest absolute Gasteiger partial charge is 0.256 e. The summed E-state index contributed by atoms with van der Waals surface area (Å²) in [5.74, 6) is 1.10. The van der Waals surface area contributed by atoms with E-state index in [4.69, 9.17) is 4.74 Å². The van der Waals surface area contributed by atoms with Gasteiger partial charge in [0.1, 0.15) is 12.1 Å². The van der Waals surface area contributed by atoms with Crippen LogP contribution in [0.1, 0.15) is 68.5 Å². The molecule has 0 saturated carbocycles. The monoisotopic (exact) mass is 444 g/mol. The molecule has 1 atom stereocenters. The van der Waals surface area contributed by atoms with Gasteiger partial charge in [0, 0.05) is 6.42 Å². The molecule has 3 aromatic rings. The van der Waals surface area contributed by atoms with Gasteiger partial charge in [0.25, 0.3) is 5.91 Å². The lowest BCUT2D eigenvalue weighted by molar-refractivity contribution is -0.117. The maximum Gasteiger partial charge on any atom is 0.256 e. The molecule has 2 heterocycles. The van der Waals surface area contributed by atoms with Crippen LogP contribution in [-0.2, 0) is 10.3 Å². The summed E-state index contributed by atoms with van der Waals surface area (Å²) in [6.07, 6.45) is 6.85. The number of carbonyl (C=O) groups excluding carboxylic acids is 1. The molecule has 1 aliphatic rings. The Hall–Kier alpha value is -3.41. The van der Waals surface area contributed by atoms with Crippen molar-refractivity contribution in [2.45, 2.75) is 58.4 Å². The zero-order valence-electron chi connectivity index (χ0n) is 19.6. The fraction of sp³-hybridized carbons (Fsp3) is 0.370. The van der Waals surface area contributed by atoms with Crippen LogP contribution in [0.3, 0.4) is 0 Å². The zero-order valence-corrected chi connectivity index (χ0v) is 19.6. The highest BCUT2D eigenvalue weighted by molar-refractivity contribution is 6.27. The Kier molecular flexibility index (Phi) is 6.92. The minimum Gasteiger partial charge on any atom is -0.494 e. The lowest BCUT2D eigenvalue weighted by atomic mass is 9.78. The molecule has 0 aliphatic carbocycles. The lowest BCUT2D eigenvalue weighted by Gasteiger charge is -2.37. The third-order valence-electron chi connectivity index (χ3n) is 6.25. The number of H-pyrrole nitrogens is 1. The number of nitrogens with zero attached hydrogens (tertiary/aromatic N) is 2. The summed E-state index contributed by atoms with van der Waals surface area (Å²) in [6, 6.07) is 16.3. The average Bonchev–Trinajstić information content (AvgIpc) is 3.34. The normalized spacial score (nSPS) is 18.3. The van der Waals surface area contributed by atoms with E-state index in [0.717, 1.165) is 35.5 Å². The summed E-state index contributed by atoms with van der Waals surface area (Å²) in [5, 5.41) is 10.1. The van der Waals surface area contributed by atoms with E-state index in [2.05, 4.69) is 65.5 Å². The van der Waals surface area contributed by atoms with Gasteiger partial charge in [-0.15, -0.1) is 0 Å². The number of benzene rings is 2. The predicted molar refractivity (Wildman–Crippen MR) is 131 cm³/mol. The van der Waals surface area contributed by atoms with Gasteiger partial charge < -0.3 is 10.1 Å². The van der Waals surface area contributed by atoms with Crippen molar-refractivity contribution in [1.29, 1.82) is 0 Å². The van der Waals surface area contributed by atoms with Gasteiger partial charge in [0.15, 0.2) is 5.82 Å². The van der Waals surface area contributed by atoms with Crippen LogP contribution in [0.2, 0.25) is 0 Å². The SMILES string of the molecule is CCCCCCOc1ccc(C2(C)CC(c3ccc(C)cc3)=C(c3nc[nH]n3)C(=O)N2)cc1. The van der Waals surface area contributed by atoms with Crippen LogP contribution in [0.4, 0.5) is 0 Å². The Morgan fingerprint density at radius 2 is 1.79 bits per heavy atom. The van der Waals surface area contributed by atoms with Crippen LogP contribution < -0.4 is 10.1 Å². The Bertz CT molecular complexity index is 1100. The number of hydrogen-bond donors (Lipinski definition) is 2. The number of rotatable bonds is 9. The van der Waals surface area contributed by atoms with E-state index >= 15 is 0 Å². The quantitative estimate of drug-likeness (QED) is 0.432. The number of ether oxygens (including phenoxy) is 1. The standard InChI is InChI=1S/C27H32N4O2/c1-4-5-6-7-16-33-22-14-12-21(13-15-22)27(3)17-23(20-10-8-19(2)9-11-20)24(26(32)30-27)25-28-18-29-31-25/h8-15,18H,4-7,16-17H2,1-3H3,(H,30,32)(H,28,29,31). The van der Waals surface area contributed by atoms with Crippen LogP contribution in [0, 0.1) is 6.92 Å². The van der Waals surface area contributed by atoms with Gasteiger partial charge in [-0.05, 0) is 49.1 Å². The Morgan fingerprint density at radius 1 is 1.03 bits per heavy atom. The number of carbonyl (C=O) groups is 1. The molecule has 0 fully saturated rings. The fourth-order valence-corrected chi connectivity index (χ4v) is 4.32. The molecule has 0 saturated heterocycles. The van der Waals surface area contributed by atoms with Crippen molar-refractivity contribution in [2.24, 2.45) is 0 Å². The molecule has 172 valence electrons. The van der Waals surface area contributed by atoms with Gasteiger partial charge in [0.2, 0.25) is 0 Å². The molecule has 6 nitrogen and oxygen atoms in total. The van der Waals surface area contributed by atoms with Crippen molar-refractivity contribution in [2.75, 3.05) is 6.61 Å². The topological polar surface area (TPSA) is 79.9 Å². The maximum absolute atomic E-state index is 13.3. The predicted octanol–water partition coefficient (Wildman–Crippen LogP) is 5.42. The van der Waals surface area contributed by atoms with E-state index in [1.165, 1.54) is 31.2 Å². The maximum atomic E-state index is 13.3. The Labute approximate surface area is 195 Å². The summed E-state index contributed by atoms with van der Waals surface area (Å²) in [6.45, 7) is 7.06. The van der Waals surface area contributed by atoms with Crippen molar-refractivity contribution in [3.63, 3.8) is 0 Å². The van der Waals surface area contributed by atoms with Crippen LogP contribution in [0.15, 0.2) is 54.9 Å². The summed E-state index contributed by atoms with van der Waals surface area (Å²) < 4.78 is 5.90. The molecule has 1 aliphatic heterocycles. The first-order chi connectivity index (χ1) is 16.0. The van der Waals surface area contributed by atoms with Crippen LogP contribution in [0.25, 0.3) is 11.1 Å². The second-order valence-corrected chi connectivity index (χ2v) is 8.94. The molecule has 0 spiro atoms. The van der Waals surface area contributed by atoms with Crippen molar-refractivity contribution in [1.82, 2.24) is 20.5 Å². The molecule has 33 heavy (non-hydrogen) atoms. The van der Waals surface area contributed by atoms with Crippen molar-refractivity contribution in [3.8, 4) is 5.75 Å². The number of aryl methyl sites for hydroxylation is 1. The zero-order chi connectivity index (χ0) is 23.3. The highest BCUT2D eigenvalue weighted by atomic mass is 16.5. The van der Waals surface area contributed by atoms with E-state index in [-0.39, 0.29) is 5.91 Å². The minimum absolute atomic E-state index is 0.171. The average molecular weight is 445 g/mol. The molecule has 1 amide bonds. The van der Waals surface area contributed by atoms with E-state index in [1.54, 1.807) is 0 Å². The number of unbranched alkanes of at least 4 members (excludes halogenated alkanes) is 3. The van der Waals surface area contributed by atoms with E-state index in [1.807, 2.05) is 24.3 Å². The van der Waals surface area contributed by atoms with Gasteiger partial charge in [-0.1, -0.05) is 68.1 Å². The van der Waals surface area contributed by atoms with Crippen LogP contribution >= 0.6 is 0 Å². The highest BCUT2D eigenvalue weighted by Gasteiger charge is 2.39. The Morgan fingerprint density at radius 3 is 2.45 bits per heavy atom. The van der Waals surface area contributed by atoms with Crippen LogP contribution in [0.5, 0.6) is 5.75 Å². The summed E-state index contributed by atoms with van der Waals surface area (Å²) in [4.78, 5) is 17.6. The summed E-state index contributed by atoms with van der Waals surface area (Å²) in [7, 11) is 0. The molecule has 2 N–H and O–H groups in total. The first kappa shape index (κ1) is 22.8. The molecule has 0 bridgehead atoms. The van der Waals surface area contributed by atoms with Gasteiger partial charge in [-0.2, -0.15) is 5.10 Å². The highest BCUT2D eigenvalue weighted by Crippen LogP contribution is 2.41. The molecular formula is C27H32N4O2.